The first-order valence-corrected chi connectivity index (χ1v) is 9.15. The zero-order chi connectivity index (χ0) is 17.9. The molecule has 0 spiro atoms. The fourth-order valence-electron chi connectivity index (χ4n) is 2.59. The van der Waals surface area contributed by atoms with Gasteiger partial charge in [0.15, 0.2) is 16.6 Å². The second kappa shape index (κ2) is 7.12. The van der Waals surface area contributed by atoms with Gasteiger partial charge in [-0.1, -0.05) is 11.8 Å². The van der Waals surface area contributed by atoms with Crippen molar-refractivity contribution in [2.24, 2.45) is 14.1 Å². The molecule has 8 nitrogen and oxygen atoms in total. The first kappa shape index (κ1) is 16.5. The number of nitrogens with zero attached hydrogens (tertiary/aromatic N) is 7. The highest BCUT2D eigenvalue weighted by molar-refractivity contribution is 7.99. The molecule has 0 radical (unpaired) electrons. The third kappa shape index (κ3) is 3.25. The number of hydrogen-bond donors (Lipinski definition) is 1. The Labute approximate surface area is 154 Å². The molecule has 0 fully saturated rings. The van der Waals surface area contributed by atoms with E-state index in [1.54, 1.807) is 41.2 Å². The molecule has 0 aromatic carbocycles. The lowest BCUT2D eigenvalue weighted by Crippen LogP contribution is -2.08. The zero-order valence-corrected chi connectivity index (χ0v) is 15.3. The van der Waals surface area contributed by atoms with E-state index in [1.165, 1.54) is 0 Å². The molecule has 0 aliphatic rings. The predicted molar refractivity (Wildman–Crippen MR) is 102 cm³/mol. The molecule has 4 rings (SSSR count). The molecule has 0 unspecified atom stereocenters. The van der Waals surface area contributed by atoms with Crippen LogP contribution in [0.5, 0.6) is 0 Å². The van der Waals surface area contributed by atoms with Gasteiger partial charge in [0.25, 0.3) is 0 Å². The number of pyridine rings is 1. The van der Waals surface area contributed by atoms with Gasteiger partial charge in [-0.3, -0.25) is 9.67 Å². The quantitative estimate of drug-likeness (QED) is 0.414. The number of anilines is 1. The Bertz CT molecular complexity index is 1020. The molecule has 9 heteroatoms. The predicted octanol–water partition coefficient (Wildman–Crippen LogP) is 2.36. The van der Waals surface area contributed by atoms with Gasteiger partial charge in [-0.2, -0.15) is 5.10 Å². The number of aryl methyl sites for hydroxylation is 2. The Morgan fingerprint density at radius 2 is 1.96 bits per heavy atom. The number of nitrogens with one attached hydrogen (secondary N) is 1. The first-order chi connectivity index (χ1) is 12.7. The minimum Gasteiger partial charge on any atom is -0.368 e. The lowest BCUT2D eigenvalue weighted by atomic mass is 10.2. The van der Waals surface area contributed by atoms with Gasteiger partial charge in [0, 0.05) is 56.7 Å². The second-order valence-corrected chi connectivity index (χ2v) is 6.80. The van der Waals surface area contributed by atoms with Crippen molar-refractivity contribution in [2.45, 2.75) is 5.16 Å². The van der Waals surface area contributed by atoms with Gasteiger partial charge in [-0.05, 0) is 12.1 Å². The highest BCUT2D eigenvalue weighted by Crippen LogP contribution is 2.24. The van der Waals surface area contributed by atoms with E-state index in [4.69, 9.17) is 4.98 Å². The number of rotatable bonds is 6. The molecule has 0 bridgehead atoms. The molecule has 0 amide bonds. The Morgan fingerprint density at radius 3 is 2.73 bits per heavy atom. The summed E-state index contributed by atoms with van der Waals surface area (Å²) in [6.45, 7) is 0.758. The van der Waals surface area contributed by atoms with Gasteiger partial charge >= 0.3 is 0 Å². The largest absolute Gasteiger partial charge is 0.368 e. The van der Waals surface area contributed by atoms with Crippen LogP contribution in [0.2, 0.25) is 0 Å². The van der Waals surface area contributed by atoms with Gasteiger partial charge in [-0.15, -0.1) is 0 Å². The van der Waals surface area contributed by atoms with E-state index in [0.717, 1.165) is 39.9 Å². The monoisotopic (exact) mass is 366 g/mol. The van der Waals surface area contributed by atoms with Crippen molar-refractivity contribution < 1.29 is 0 Å². The Balaban J connectivity index is 1.56. The maximum Gasteiger partial charge on any atom is 0.167 e. The molecule has 1 N–H and O–H groups in total. The molecule has 0 saturated heterocycles. The number of fused-ring (bicyclic) bond motifs is 1. The van der Waals surface area contributed by atoms with Gasteiger partial charge in [-0.25, -0.2) is 15.0 Å². The molecule has 132 valence electrons. The van der Waals surface area contributed by atoms with Crippen LogP contribution < -0.4 is 5.32 Å². The fourth-order valence-corrected chi connectivity index (χ4v) is 3.38. The van der Waals surface area contributed by atoms with Crippen LogP contribution in [0.3, 0.4) is 0 Å². The molecule has 4 aromatic heterocycles. The maximum absolute atomic E-state index is 4.70. The topological polar surface area (TPSA) is 86.3 Å². The van der Waals surface area contributed by atoms with Crippen LogP contribution in [0.15, 0.2) is 48.3 Å². The first-order valence-electron chi connectivity index (χ1n) is 8.16. The summed E-state index contributed by atoms with van der Waals surface area (Å²) in [5.41, 5.74) is 1.72. The van der Waals surface area contributed by atoms with Gasteiger partial charge in [0.2, 0.25) is 0 Å². The van der Waals surface area contributed by atoms with Crippen molar-refractivity contribution in [1.82, 2.24) is 34.3 Å². The van der Waals surface area contributed by atoms with Gasteiger partial charge in [0.1, 0.15) is 5.82 Å². The van der Waals surface area contributed by atoms with Gasteiger partial charge < -0.3 is 9.88 Å². The molecule has 0 aliphatic carbocycles. The second-order valence-electron chi connectivity index (χ2n) is 5.73. The SMILES string of the molecule is Cn1ccnc1SCCNc1nc(-c2ccncc2)nc2c1cnn2C. The molecule has 0 atom stereocenters. The van der Waals surface area contributed by atoms with Crippen molar-refractivity contribution >= 4 is 28.6 Å². The normalized spacial score (nSPS) is 11.2. The maximum atomic E-state index is 4.70. The smallest absolute Gasteiger partial charge is 0.167 e. The molecule has 4 aromatic rings. The number of hydrogen-bond acceptors (Lipinski definition) is 7. The standard InChI is InChI=1S/C17H18N8S/c1-24-9-7-20-17(24)26-10-8-19-15-13-11-21-25(2)16(13)23-14(22-15)12-3-5-18-6-4-12/h3-7,9,11H,8,10H2,1-2H3,(H,19,22,23). The number of imidazole rings is 1. The minimum atomic E-state index is 0.655. The molecule has 0 aliphatic heterocycles. The van der Waals surface area contributed by atoms with Crippen LogP contribution in [0.4, 0.5) is 5.82 Å². The van der Waals surface area contributed by atoms with E-state index >= 15 is 0 Å². The summed E-state index contributed by atoms with van der Waals surface area (Å²) in [4.78, 5) is 17.7. The van der Waals surface area contributed by atoms with Crippen molar-refractivity contribution in [1.29, 1.82) is 0 Å². The van der Waals surface area contributed by atoms with Crippen molar-refractivity contribution in [3.63, 3.8) is 0 Å². The van der Waals surface area contributed by atoms with E-state index in [-0.39, 0.29) is 0 Å². The Morgan fingerprint density at radius 1 is 1.12 bits per heavy atom. The fraction of sp³-hybridized carbons (Fsp3) is 0.235. The lowest BCUT2D eigenvalue weighted by Gasteiger charge is -2.09. The molecule has 0 saturated carbocycles. The summed E-state index contributed by atoms with van der Waals surface area (Å²) in [7, 11) is 3.87. The van der Waals surface area contributed by atoms with Crippen molar-refractivity contribution in [3.05, 3.63) is 43.1 Å². The lowest BCUT2D eigenvalue weighted by molar-refractivity contribution is 0.786. The van der Waals surface area contributed by atoms with Crippen LogP contribution in [-0.4, -0.2) is 46.6 Å². The highest BCUT2D eigenvalue weighted by Gasteiger charge is 2.12. The van der Waals surface area contributed by atoms with Crippen LogP contribution in [-0.2, 0) is 14.1 Å². The summed E-state index contributed by atoms with van der Waals surface area (Å²) in [6, 6.07) is 3.80. The summed E-state index contributed by atoms with van der Waals surface area (Å²) in [6.07, 6.45) is 9.02. The molecular formula is C17H18N8S. The Kier molecular flexibility index (Phi) is 4.53. The highest BCUT2D eigenvalue weighted by atomic mass is 32.2. The molecule has 26 heavy (non-hydrogen) atoms. The van der Waals surface area contributed by atoms with E-state index in [2.05, 4.69) is 25.4 Å². The average molecular weight is 366 g/mol. The number of thioether (sulfide) groups is 1. The van der Waals surface area contributed by atoms with Crippen molar-refractivity contribution in [2.75, 3.05) is 17.6 Å². The van der Waals surface area contributed by atoms with Crippen molar-refractivity contribution in [3.8, 4) is 11.4 Å². The summed E-state index contributed by atoms with van der Waals surface area (Å²) in [5.74, 6) is 2.32. The van der Waals surface area contributed by atoms with Crippen LogP contribution in [0, 0.1) is 0 Å². The van der Waals surface area contributed by atoms with E-state index in [1.807, 2.05) is 37.0 Å². The zero-order valence-electron chi connectivity index (χ0n) is 14.5. The number of aromatic nitrogens is 7. The van der Waals surface area contributed by atoms with Crippen LogP contribution in [0.1, 0.15) is 0 Å². The van der Waals surface area contributed by atoms with Crippen LogP contribution >= 0.6 is 11.8 Å². The van der Waals surface area contributed by atoms with E-state index < -0.39 is 0 Å². The van der Waals surface area contributed by atoms with E-state index in [0.29, 0.717) is 5.82 Å². The average Bonchev–Trinajstić information content (AvgIpc) is 3.25. The third-order valence-electron chi connectivity index (χ3n) is 3.93. The summed E-state index contributed by atoms with van der Waals surface area (Å²) >= 11 is 1.70. The van der Waals surface area contributed by atoms with Gasteiger partial charge in [0.05, 0.1) is 11.6 Å². The van der Waals surface area contributed by atoms with E-state index in [9.17, 15) is 0 Å². The minimum absolute atomic E-state index is 0.655. The summed E-state index contributed by atoms with van der Waals surface area (Å²) in [5, 5.41) is 9.64. The third-order valence-corrected chi connectivity index (χ3v) is 4.99. The molecule has 4 heterocycles. The molecular weight excluding hydrogens is 348 g/mol. The van der Waals surface area contributed by atoms with Crippen LogP contribution in [0.25, 0.3) is 22.4 Å². The Hall–Kier alpha value is -2.94. The summed E-state index contributed by atoms with van der Waals surface area (Å²) < 4.78 is 3.77.